The number of rotatable bonds is 3. The van der Waals surface area contributed by atoms with Crippen LogP contribution in [0, 0.1) is 0 Å². The Labute approximate surface area is 136 Å². The van der Waals surface area contributed by atoms with Gasteiger partial charge in [-0.3, -0.25) is 4.79 Å². The van der Waals surface area contributed by atoms with Crippen molar-refractivity contribution in [2.24, 2.45) is 0 Å². The maximum Gasteiger partial charge on any atom is 0.234 e. The Morgan fingerprint density at radius 1 is 1.29 bits per heavy atom. The summed E-state index contributed by atoms with van der Waals surface area (Å²) in [5.74, 6) is 0.552. The molecule has 1 aliphatic heterocycles. The number of amides is 1. The summed E-state index contributed by atoms with van der Waals surface area (Å²) in [5, 5.41) is 6.39. The summed E-state index contributed by atoms with van der Waals surface area (Å²) in [6.07, 6.45) is 0. The fraction of sp³-hybridized carbons (Fsp3) is 0.188. The van der Waals surface area contributed by atoms with Crippen LogP contribution in [0.4, 0.5) is 11.4 Å². The number of halogens is 1. The quantitative estimate of drug-likeness (QED) is 0.833. The van der Waals surface area contributed by atoms with Crippen LogP contribution in [-0.4, -0.2) is 11.7 Å². The molecule has 0 bridgehead atoms. The van der Waals surface area contributed by atoms with E-state index in [1.165, 1.54) is 5.56 Å². The standard InChI is InChI=1S/C16H15BrN2OS/c1-10(12-4-2-3-5-13(12)17)18-11-6-7-15-14(8-11)19-16(20)9-21-15/h2-8,10,18H,9H2,1H3,(H,19,20). The molecule has 0 radical (unpaired) electrons. The van der Waals surface area contributed by atoms with Gasteiger partial charge in [0, 0.05) is 21.1 Å². The third-order valence-electron chi connectivity index (χ3n) is 3.37. The molecule has 21 heavy (non-hydrogen) atoms. The smallest absolute Gasteiger partial charge is 0.234 e. The Hall–Kier alpha value is -1.46. The topological polar surface area (TPSA) is 41.1 Å². The monoisotopic (exact) mass is 362 g/mol. The Kier molecular flexibility index (Phi) is 4.22. The molecule has 3 rings (SSSR count). The Morgan fingerprint density at radius 3 is 2.90 bits per heavy atom. The van der Waals surface area contributed by atoms with Gasteiger partial charge in [0.25, 0.3) is 0 Å². The number of anilines is 2. The van der Waals surface area contributed by atoms with Crippen LogP contribution in [0.15, 0.2) is 51.8 Å². The minimum absolute atomic E-state index is 0.0588. The van der Waals surface area contributed by atoms with Crippen LogP contribution in [-0.2, 0) is 4.79 Å². The maximum atomic E-state index is 11.5. The highest BCUT2D eigenvalue weighted by atomic mass is 79.9. The van der Waals surface area contributed by atoms with Crippen LogP contribution in [0.3, 0.4) is 0 Å². The summed E-state index contributed by atoms with van der Waals surface area (Å²) in [4.78, 5) is 12.6. The summed E-state index contributed by atoms with van der Waals surface area (Å²) < 4.78 is 1.09. The van der Waals surface area contributed by atoms with Gasteiger partial charge in [-0.2, -0.15) is 0 Å². The predicted octanol–water partition coefficient (Wildman–Crippen LogP) is 4.67. The zero-order chi connectivity index (χ0) is 14.8. The number of hydrogen-bond acceptors (Lipinski definition) is 3. The van der Waals surface area contributed by atoms with Gasteiger partial charge in [0.15, 0.2) is 0 Å². The van der Waals surface area contributed by atoms with E-state index in [1.54, 1.807) is 11.8 Å². The van der Waals surface area contributed by atoms with Crippen molar-refractivity contribution in [2.45, 2.75) is 17.9 Å². The van der Waals surface area contributed by atoms with Gasteiger partial charge < -0.3 is 10.6 Å². The second-order valence-electron chi connectivity index (χ2n) is 4.94. The molecule has 5 heteroatoms. The van der Waals surface area contributed by atoms with Gasteiger partial charge in [0.05, 0.1) is 11.4 Å². The minimum Gasteiger partial charge on any atom is -0.378 e. The lowest BCUT2D eigenvalue weighted by molar-refractivity contribution is -0.113. The molecule has 3 nitrogen and oxygen atoms in total. The molecule has 0 aliphatic carbocycles. The van der Waals surface area contributed by atoms with E-state index in [2.05, 4.69) is 51.7 Å². The minimum atomic E-state index is 0.0588. The van der Waals surface area contributed by atoms with Crippen molar-refractivity contribution in [3.05, 3.63) is 52.5 Å². The van der Waals surface area contributed by atoms with Crippen LogP contribution in [0.25, 0.3) is 0 Å². The third-order valence-corrected chi connectivity index (χ3v) is 5.16. The van der Waals surface area contributed by atoms with E-state index in [0.717, 1.165) is 20.7 Å². The molecule has 0 saturated carbocycles. The lowest BCUT2D eigenvalue weighted by Crippen LogP contribution is -2.18. The zero-order valence-electron chi connectivity index (χ0n) is 11.5. The SMILES string of the molecule is CC(Nc1ccc2c(c1)NC(=O)CS2)c1ccccc1Br. The van der Waals surface area contributed by atoms with Crippen molar-refractivity contribution in [3.63, 3.8) is 0 Å². The lowest BCUT2D eigenvalue weighted by atomic mass is 10.1. The van der Waals surface area contributed by atoms with E-state index in [9.17, 15) is 4.79 Å². The van der Waals surface area contributed by atoms with Gasteiger partial charge in [0.1, 0.15) is 0 Å². The average molecular weight is 363 g/mol. The number of carbonyl (C=O) groups is 1. The van der Waals surface area contributed by atoms with Gasteiger partial charge in [0.2, 0.25) is 5.91 Å². The third kappa shape index (κ3) is 3.24. The van der Waals surface area contributed by atoms with E-state index >= 15 is 0 Å². The molecule has 2 N–H and O–H groups in total. The van der Waals surface area contributed by atoms with Crippen LogP contribution in [0.2, 0.25) is 0 Å². The molecule has 0 spiro atoms. The Balaban J connectivity index is 1.81. The van der Waals surface area contributed by atoms with Crippen molar-refractivity contribution < 1.29 is 4.79 Å². The first-order valence-corrected chi connectivity index (χ1v) is 8.49. The summed E-state index contributed by atoms with van der Waals surface area (Å²) in [6.45, 7) is 2.12. The number of thioether (sulfide) groups is 1. The van der Waals surface area contributed by atoms with Gasteiger partial charge >= 0.3 is 0 Å². The number of hydrogen-bond donors (Lipinski definition) is 2. The highest BCUT2D eigenvalue weighted by Gasteiger charge is 2.16. The van der Waals surface area contributed by atoms with Crippen molar-refractivity contribution in [2.75, 3.05) is 16.4 Å². The fourth-order valence-electron chi connectivity index (χ4n) is 2.33. The molecule has 0 saturated heterocycles. The first-order chi connectivity index (χ1) is 10.1. The largest absolute Gasteiger partial charge is 0.378 e. The molecule has 1 unspecified atom stereocenters. The lowest BCUT2D eigenvalue weighted by Gasteiger charge is -2.20. The van der Waals surface area contributed by atoms with E-state index in [0.29, 0.717) is 5.75 Å². The van der Waals surface area contributed by atoms with Crippen LogP contribution < -0.4 is 10.6 Å². The summed E-state index contributed by atoms with van der Waals surface area (Å²) >= 11 is 5.15. The van der Waals surface area contributed by atoms with Gasteiger partial charge in [-0.1, -0.05) is 34.1 Å². The molecular weight excluding hydrogens is 348 g/mol. The highest BCUT2D eigenvalue weighted by Crippen LogP contribution is 2.34. The molecule has 1 heterocycles. The molecule has 1 amide bonds. The normalized spacial score (nSPS) is 15.0. The van der Waals surface area contributed by atoms with Crippen LogP contribution >= 0.6 is 27.7 Å². The number of benzene rings is 2. The molecular formula is C16H15BrN2OS. The molecule has 0 fully saturated rings. The first-order valence-electron chi connectivity index (χ1n) is 6.71. The molecule has 1 atom stereocenters. The second-order valence-corrected chi connectivity index (χ2v) is 6.81. The zero-order valence-corrected chi connectivity index (χ0v) is 13.9. The van der Waals surface area contributed by atoms with Gasteiger partial charge in [-0.05, 0) is 36.8 Å². The summed E-state index contributed by atoms with van der Waals surface area (Å²) in [6, 6.07) is 14.4. The Morgan fingerprint density at radius 2 is 2.10 bits per heavy atom. The van der Waals surface area contributed by atoms with Crippen LogP contribution in [0.1, 0.15) is 18.5 Å². The molecule has 108 valence electrons. The summed E-state index contributed by atoms with van der Waals surface area (Å²) in [7, 11) is 0. The van der Waals surface area contributed by atoms with Gasteiger partial charge in [-0.25, -0.2) is 0 Å². The fourth-order valence-corrected chi connectivity index (χ4v) is 3.74. The maximum absolute atomic E-state index is 11.5. The van der Waals surface area contributed by atoms with Crippen molar-refractivity contribution in [1.29, 1.82) is 0 Å². The Bertz CT molecular complexity index is 690. The van der Waals surface area contributed by atoms with E-state index < -0.39 is 0 Å². The number of nitrogens with one attached hydrogen (secondary N) is 2. The molecule has 1 aliphatic rings. The summed E-state index contributed by atoms with van der Waals surface area (Å²) in [5.41, 5.74) is 3.09. The highest BCUT2D eigenvalue weighted by molar-refractivity contribution is 9.10. The second kappa shape index (κ2) is 6.12. The van der Waals surface area contributed by atoms with E-state index in [-0.39, 0.29) is 11.9 Å². The van der Waals surface area contributed by atoms with Crippen LogP contribution in [0.5, 0.6) is 0 Å². The van der Waals surface area contributed by atoms with Crippen molar-refractivity contribution in [3.8, 4) is 0 Å². The predicted molar refractivity (Wildman–Crippen MR) is 92.0 cm³/mol. The molecule has 2 aromatic carbocycles. The number of fused-ring (bicyclic) bond motifs is 1. The van der Waals surface area contributed by atoms with Crippen molar-refractivity contribution in [1.82, 2.24) is 0 Å². The number of carbonyl (C=O) groups excluding carboxylic acids is 1. The van der Waals surface area contributed by atoms with E-state index in [1.807, 2.05) is 24.3 Å². The first kappa shape index (κ1) is 14.5. The molecule has 0 aromatic heterocycles. The molecule has 2 aromatic rings. The average Bonchev–Trinajstić information content (AvgIpc) is 2.47. The van der Waals surface area contributed by atoms with Gasteiger partial charge in [-0.15, -0.1) is 11.8 Å². The van der Waals surface area contributed by atoms with E-state index in [4.69, 9.17) is 0 Å². The van der Waals surface area contributed by atoms with Crippen molar-refractivity contribution >= 4 is 45.0 Å².